The van der Waals surface area contributed by atoms with Crippen molar-refractivity contribution in [3.63, 3.8) is 0 Å². The van der Waals surface area contributed by atoms with Crippen LogP contribution in [0, 0.1) is 6.92 Å². The summed E-state index contributed by atoms with van der Waals surface area (Å²) in [6.45, 7) is 4.11. The van der Waals surface area contributed by atoms with Gasteiger partial charge >= 0.3 is 5.97 Å². The van der Waals surface area contributed by atoms with Gasteiger partial charge in [-0.2, -0.15) is 0 Å². The molecule has 92 valence electrons. The first-order valence-electron chi connectivity index (χ1n) is 5.62. The highest BCUT2D eigenvalue weighted by Gasteiger charge is 2.27. The molecule has 0 aromatic heterocycles. The molecule has 4 heteroatoms. The first-order valence-corrected chi connectivity index (χ1v) is 5.62. The molecule has 1 aliphatic rings. The smallest absolute Gasteiger partial charge is 0.302 e. The topological polar surface area (TPSA) is 44.8 Å². The number of carbonyl (C=O) groups excluding carboxylic acids is 1. The number of aryl methyl sites for hydroxylation is 1. The van der Waals surface area contributed by atoms with Gasteiger partial charge in [0, 0.05) is 12.5 Å². The number of carbonyl (C=O) groups is 1. The van der Waals surface area contributed by atoms with Crippen LogP contribution in [0.4, 0.5) is 0 Å². The minimum Gasteiger partial charge on any atom is -0.463 e. The maximum atomic E-state index is 10.7. The van der Waals surface area contributed by atoms with Crippen LogP contribution < -0.4 is 0 Å². The van der Waals surface area contributed by atoms with Crippen LogP contribution >= 0.6 is 0 Å². The van der Waals surface area contributed by atoms with Crippen LogP contribution in [-0.4, -0.2) is 25.3 Å². The highest BCUT2D eigenvalue weighted by atomic mass is 16.7. The molecule has 0 bridgehead atoms. The van der Waals surface area contributed by atoms with Crippen LogP contribution in [-0.2, 0) is 19.0 Å². The lowest BCUT2D eigenvalue weighted by atomic mass is 10.1. The summed E-state index contributed by atoms with van der Waals surface area (Å²) in [5.41, 5.74) is 2.18. The molecule has 0 saturated carbocycles. The van der Waals surface area contributed by atoms with E-state index in [9.17, 15) is 4.79 Å². The molecule has 0 radical (unpaired) electrons. The third kappa shape index (κ3) is 3.28. The van der Waals surface area contributed by atoms with E-state index < -0.39 is 0 Å². The van der Waals surface area contributed by atoms with E-state index in [2.05, 4.69) is 0 Å². The molecule has 1 heterocycles. The molecule has 2 unspecified atom stereocenters. The van der Waals surface area contributed by atoms with Gasteiger partial charge in [-0.25, -0.2) is 0 Å². The average Bonchev–Trinajstić information content (AvgIpc) is 2.76. The zero-order chi connectivity index (χ0) is 12.3. The van der Waals surface area contributed by atoms with E-state index in [4.69, 9.17) is 14.2 Å². The molecule has 0 N–H and O–H groups in total. The second kappa shape index (κ2) is 5.29. The van der Waals surface area contributed by atoms with Crippen molar-refractivity contribution in [3.8, 4) is 0 Å². The molecule has 1 aromatic carbocycles. The van der Waals surface area contributed by atoms with Gasteiger partial charge in [0.2, 0.25) is 0 Å². The van der Waals surface area contributed by atoms with Gasteiger partial charge in [0.25, 0.3) is 0 Å². The maximum Gasteiger partial charge on any atom is 0.302 e. The van der Waals surface area contributed by atoms with Crippen molar-refractivity contribution in [2.75, 3.05) is 13.2 Å². The summed E-state index contributed by atoms with van der Waals surface area (Å²) in [6.07, 6.45) is -0.527. The van der Waals surface area contributed by atoms with Gasteiger partial charge in [0.1, 0.15) is 12.7 Å². The lowest BCUT2D eigenvalue weighted by Crippen LogP contribution is -2.19. The average molecular weight is 236 g/mol. The Balaban J connectivity index is 1.89. The fraction of sp³-hybridized carbons (Fsp3) is 0.462. The first-order chi connectivity index (χ1) is 8.15. The third-order valence-electron chi connectivity index (χ3n) is 2.57. The summed E-state index contributed by atoms with van der Waals surface area (Å²) in [7, 11) is 0. The zero-order valence-electron chi connectivity index (χ0n) is 10.0. The highest BCUT2D eigenvalue weighted by molar-refractivity contribution is 5.65. The molecule has 2 rings (SSSR count). The van der Waals surface area contributed by atoms with Crippen molar-refractivity contribution in [2.45, 2.75) is 26.2 Å². The fourth-order valence-corrected chi connectivity index (χ4v) is 1.64. The zero-order valence-corrected chi connectivity index (χ0v) is 10.0. The van der Waals surface area contributed by atoms with E-state index in [-0.39, 0.29) is 25.0 Å². The molecule has 1 aromatic rings. The van der Waals surface area contributed by atoms with E-state index in [0.29, 0.717) is 6.61 Å². The predicted molar refractivity (Wildman–Crippen MR) is 61.4 cm³/mol. The molecule has 0 amide bonds. The van der Waals surface area contributed by atoms with Crippen LogP contribution in [0.1, 0.15) is 24.3 Å². The van der Waals surface area contributed by atoms with Crippen molar-refractivity contribution in [1.82, 2.24) is 0 Å². The molecule has 2 atom stereocenters. The van der Waals surface area contributed by atoms with Gasteiger partial charge in [-0.05, 0) is 6.92 Å². The van der Waals surface area contributed by atoms with Crippen LogP contribution in [0.25, 0.3) is 0 Å². The van der Waals surface area contributed by atoms with E-state index in [0.717, 1.165) is 5.56 Å². The van der Waals surface area contributed by atoms with E-state index in [1.165, 1.54) is 12.5 Å². The van der Waals surface area contributed by atoms with Gasteiger partial charge in [-0.1, -0.05) is 29.8 Å². The molecule has 0 aliphatic carbocycles. The quantitative estimate of drug-likeness (QED) is 0.753. The summed E-state index contributed by atoms with van der Waals surface area (Å²) in [5.74, 6) is -0.299. The minimum atomic E-state index is -0.351. The Morgan fingerprint density at radius 1 is 1.41 bits per heavy atom. The van der Waals surface area contributed by atoms with Gasteiger partial charge in [-0.15, -0.1) is 0 Å². The number of benzene rings is 1. The Kier molecular flexibility index (Phi) is 3.76. The van der Waals surface area contributed by atoms with Crippen molar-refractivity contribution < 1.29 is 19.0 Å². The second-order valence-electron chi connectivity index (χ2n) is 4.14. The molecule has 1 saturated heterocycles. The predicted octanol–water partition coefficient (Wildman–Crippen LogP) is 1.97. The Morgan fingerprint density at radius 3 is 2.76 bits per heavy atom. The van der Waals surface area contributed by atoms with Crippen molar-refractivity contribution in [2.24, 2.45) is 0 Å². The Morgan fingerprint density at radius 2 is 2.12 bits per heavy atom. The standard InChI is InChI=1S/C13H16O4/c1-9-3-5-11(6-4-9)13-16-8-12(17-13)7-15-10(2)14/h3-6,12-13H,7-8H2,1-2H3. The van der Waals surface area contributed by atoms with Crippen LogP contribution in [0.15, 0.2) is 24.3 Å². The van der Waals surface area contributed by atoms with Crippen molar-refractivity contribution in [3.05, 3.63) is 35.4 Å². The van der Waals surface area contributed by atoms with Gasteiger partial charge < -0.3 is 14.2 Å². The number of esters is 1. The molecule has 17 heavy (non-hydrogen) atoms. The third-order valence-corrected chi connectivity index (χ3v) is 2.57. The molecule has 1 aliphatic heterocycles. The lowest BCUT2D eigenvalue weighted by Gasteiger charge is -2.11. The molecule has 4 nitrogen and oxygen atoms in total. The highest BCUT2D eigenvalue weighted by Crippen LogP contribution is 2.27. The minimum absolute atomic E-state index is 0.176. The molecular formula is C13H16O4. The maximum absolute atomic E-state index is 10.7. The fourth-order valence-electron chi connectivity index (χ4n) is 1.64. The first kappa shape index (κ1) is 12.1. The number of hydrogen-bond donors (Lipinski definition) is 0. The monoisotopic (exact) mass is 236 g/mol. The Bertz CT molecular complexity index is 385. The largest absolute Gasteiger partial charge is 0.463 e. The number of rotatable bonds is 3. The van der Waals surface area contributed by atoms with E-state index in [1.807, 2.05) is 31.2 Å². The Labute approximate surface area is 100 Å². The SMILES string of the molecule is CC(=O)OCC1COC(c2ccc(C)cc2)O1. The van der Waals surface area contributed by atoms with E-state index >= 15 is 0 Å². The van der Waals surface area contributed by atoms with Crippen LogP contribution in [0.3, 0.4) is 0 Å². The summed E-state index contributed by atoms with van der Waals surface area (Å²) in [6, 6.07) is 7.99. The van der Waals surface area contributed by atoms with Crippen LogP contribution in [0.5, 0.6) is 0 Å². The summed E-state index contributed by atoms with van der Waals surface area (Å²) >= 11 is 0. The summed E-state index contributed by atoms with van der Waals surface area (Å²) < 4.78 is 16.0. The number of hydrogen-bond acceptors (Lipinski definition) is 4. The van der Waals surface area contributed by atoms with Gasteiger partial charge in [0.15, 0.2) is 6.29 Å². The Hall–Kier alpha value is -1.39. The van der Waals surface area contributed by atoms with Gasteiger partial charge in [-0.3, -0.25) is 4.79 Å². The van der Waals surface area contributed by atoms with Crippen molar-refractivity contribution >= 4 is 5.97 Å². The normalized spacial score (nSPS) is 23.6. The molecular weight excluding hydrogens is 220 g/mol. The molecule has 1 fully saturated rings. The molecule has 0 spiro atoms. The van der Waals surface area contributed by atoms with Crippen molar-refractivity contribution in [1.29, 1.82) is 0 Å². The number of ether oxygens (including phenoxy) is 3. The second-order valence-corrected chi connectivity index (χ2v) is 4.14. The van der Waals surface area contributed by atoms with Gasteiger partial charge in [0.05, 0.1) is 6.61 Å². The van der Waals surface area contributed by atoms with Crippen LogP contribution in [0.2, 0.25) is 0 Å². The summed E-state index contributed by atoms with van der Waals surface area (Å²) in [5, 5.41) is 0. The van der Waals surface area contributed by atoms with E-state index in [1.54, 1.807) is 0 Å². The summed E-state index contributed by atoms with van der Waals surface area (Å²) in [4.78, 5) is 10.7. The lowest BCUT2D eigenvalue weighted by molar-refractivity contribution is -0.145.